The van der Waals surface area contributed by atoms with E-state index in [0.717, 1.165) is 5.56 Å². The lowest BCUT2D eigenvalue weighted by atomic mass is 10.2. The summed E-state index contributed by atoms with van der Waals surface area (Å²) in [7, 11) is 2.62. The lowest BCUT2D eigenvalue weighted by molar-refractivity contribution is -0.142. The minimum Gasteiger partial charge on any atom is -0.482 e. The molecule has 8 nitrogen and oxygen atoms in total. The summed E-state index contributed by atoms with van der Waals surface area (Å²) in [5.74, 6) is -0.542. The van der Waals surface area contributed by atoms with Gasteiger partial charge in [-0.25, -0.2) is 14.6 Å². The summed E-state index contributed by atoms with van der Waals surface area (Å²) in [5, 5.41) is 0.531. The number of amidine groups is 1. The first-order valence-corrected chi connectivity index (χ1v) is 10.5. The Hall–Kier alpha value is -3.59. The first-order valence-electron chi connectivity index (χ1n) is 9.73. The minimum absolute atomic E-state index is 0.147. The molecule has 1 fully saturated rings. The highest BCUT2D eigenvalue weighted by Crippen LogP contribution is 2.34. The molecule has 1 amide bonds. The van der Waals surface area contributed by atoms with E-state index in [1.165, 1.54) is 26.0 Å². The Morgan fingerprint density at radius 2 is 1.84 bits per heavy atom. The number of hydrogen-bond acceptors (Lipinski definition) is 8. The van der Waals surface area contributed by atoms with Gasteiger partial charge in [0.2, 0.25) is 0 Å². The molecule has 0 aromatic heterocycles. The number of nitrogens with zero attached hydrogens (tertiary/aromatic N) is 2. The van der Waals surface area contributed by atoms with Gasteiger partial charge in [-0.05, 0) is 60.7 Å². The average molecular weight is 455 g/mol. The summed E-state index contributed by atoms with van der Waals surface area (Å²) in [5.41, 5.74) is 1.74. The van der Waals surface area contributed by atoms with Crippen molar-refractivity contribution in [2.75, 3.05) is 27.4 Å². The van der Waals surface area contributed by atoms with Gasteiger partial charge in [-0.3, -0.25) is 9.69 Å². The van der Waals surface area contributed by atoms with Crippen molar-refractivity contribution >= 4 is 46.5 Å². The smallest absolute Gasteiger partial charge is 0.343 e. The van der Waals surface area contributed by atoms with Crippen LogP contribution >= 0.6 is 11.8 Å². The molecule has 0 atom stereocenters. The van der Waals surface area contributed by atoms with Crippen molar-refractivity contribution in [1.29, 1.82) is 0 Å². The number of benzene rings is 2. The number of rotatable bonds is 7. The summed E-state index contributed by atoms with van der Waals surface area (Å²) in [6.45, 7) is 2.15. The van der Waals surface area contributed by atoms with Crippen LogP contribution < -0.4 is 4.74 Å². The van der Waals surface area contributed by atoms with E-state index in [-0.39, 0.29) is 12.5 Å². The normalized spacial score (nSPS) is 15.8. The number of amides is 1. The van der Waals surface area contributed by atoms with Crippen molar-refractivity contribution in [3.63, 3.8) is 0 Å². The van der Waals surface area contributed by atoms with Gasteiger partial charge in [0, 0.05) is 6.54 Å². The Bertz CT molecular complexity index is 1080. The molecule has 0 spiro atoms. The highest BCUT2D eigenvalue weighted by atomic mass is 32.2. The molecule has 166 valence electrons. The quantitative estimate of drug-likeness (QED) is 0.466. The Labute approximate surface area is 189 Å². The van der Waals surface area contributed by atoms with Gasteiger partial charge in [-0.15, -0.1) is 0 Å². The van der Waals surface area contributed by atoms with Crippen LogP contribution in [0.4, 0.5) is 5.69 Å². The second kappa shape index (κ2) is 10.6. The average Bonchev–Trinajstić information content (AvgIpc) is 3.11. The van der Waals surface area contributed by atoms with E-state index in [4.69, 9.17) is 9.47 Å². The van der Waals surface area contributed by atoms with Gasteiger partial charge in [0.15, 0.2) is 11.8 Å². The third-order valence-corrected chi connectivity index (χ3v) is 5.47. The highest BCUT2D eigenvalue weighted by Gasteiger charge is 2.32. The predicted octanol–water partition coefficient (Wildman–Crippen LogP) is 3.65. The Kier molecular flexibility index (Phi) is 7.67. The van der Waals surface area contributed by atoms with Gasteiger partial charge in [-0.2, -0.15) is 0 Å². The Morgan fingerprint density at radius 3 is 2.50 bits per heavy atom. The molecule has 0 unspecified atom stereocenters. The standard InChI is InChI=1S/C23H22N2O6S/c1-4-25-21(27)19(12-15-8-10-18(11-9-15)31-14-20(26)29-2)32-23(25)24-17-7-5-6-16(13-17)22(28)30-3/h5-13H,4,14H2,1-3H3. The van der Waals surface area contributed by atoms with E-state index < -0.39 is 11.9 Å². The molecule has 0 saturated carbocycles. The monoisotopic (exact) mass is 454 g/mol. The summed E-state index contributed by atoms with van der Waals surface area (Å²) in [4.78, 5) is 42.4. The molecule has 9 heteroatoms. The van der Waals surface area contributed by atoms with Crippen LogP contribution in [0.5, 0.6) is 5.75 Å². The van der Waals surface area contributed by atoms with Gasteiger partial charge in [0.25, 0.3) is 5.91 Å². The molecule has 0 bridgehead atoms. The summed E-state index contributed by atoms with van der Waals surface area (Å²) in [6, 6.07) is 13.7. The lowest BCUT2D eigenvalue weighted by Gasteiger charge is -2.12. The van der Waals surface area contributed by atoms with Crippen molar-refractivity contribution in [3.8, 4) is 5.75 Å². The molecule has 32 heavy (non-hydrogen) atoms. The number of esters is 2. The van der Waals surface area contributed by atoms with Crippen LogP contribution in [0.25, 0.3) is 6.08 Å². The fraction of sp³-hybridized carbons (Fsp3) is 0.217. The SMILES string of the molecule is CCN1C(=O)C(=Cc2ccc(OCC(=O)OC)cc2)SC1=Nc1cccc(C(=O)OC)c1. The summed E-state index contributed by atoms with van der Waals surface area (Å²) < 4.78 is 14.6. The summed E-state index contributed by atoms with van der Waals surface area (Å²) >= 11 is 1.26. The number of likely N-dealkylation sites (N-methyl/N-ethyl adjacent to an activating group) is 1. The van der Waals surface area contributed by atoms with E-state index in [1.54, 1.807) is 59.5 Å². The van der Waals surface area contributed by atoms with Gasteiger partial charge in [-0.1, -0.05) is 18.2 Å². The number of aliphatic imine (C=N–C) groups is 1. The molecule has 0 radical (unpaired) electrons. The minimum atomic E-state index is -0.465. The lowest BCUT2D eigenvalue weighted by Crippen LogP contribution is -2.28. The molecule has 0 aliphatic carbocycles. The largest absolute Gasteiger partial charge is 0.482 e. The first-order chi connectivity index (χ1) is 15.4. The maximum absolute atomic E-state index is 12.8. The molecule has 2 aromatic carbocycles. The number of ether oxygens (including phenoxy) is 3. The van der Waals surface area contributed by atoms with Crippen LogP contribution in [0, 0.1) is 0 Å². The third-order valence-electron chi connectivity index (χ3n) is 4.46. The third kappa shape index (κ3) is 5.55. The fourth-order valence-corrected chi connectivity index (χ4v) is 3.88. The molecule has 0 N–H and O–H groups in total. The first kappa shape index (κ1) is 23.1. The van der Waals surface area contributed by atoms with Crippen LogP contribution in [0.15, 0.2) is 58.4 Å². The van der Waals surface area contributed by atoms with Crippen LogP contribution in [-0.2, 0) is 19.1 Å². The second-order valence-corrected chi connectivity index (χ2v) is 7.54. The zero-order valence-corrected chi connectivity index (χ0v) is 18.7. The van der Waals surface area contributed by atoms with E-state index >= 15 is 0 Å². The number of hydrogen-bond donors (Lipinski definition) is 0. The molecular formula is C23H22N2O6S. The van der Waals surface area contributed by atoms with Crippen molar-refractivity contribution in [2.24, 2.45) is 4.99 Å². The summed E-state index contributed by atoms with van der Waals surface area (Å²) in [6.07, 6.45) is 1.77. The van der Waals surface area contributed by atoms with Crippen LogP contribution in [-0.4, -0.2) is 55.3 Å². The predicted molar refractivity (Wildman–Crippen MR) is 122 cm³/mol. The van der Waals surface area contributed by atoms with Gasteiger partial charge in [0.1, 0.15) is 5.75 Å². The Morgan fingerprint density at radius 1 is 1.09 bits per heavy atom. The van der Waals surface area contributed by atoms with Crippen LogP contribution in [0.2, 0.25) is 0 Å². The zero-order chi connectivity index (χ0) is 23.1. The van der Waals surface area contributed by atoms with Crippen molar-refractivity contribution < 1.29 is 28.6 Å². The topological polar surface area (TPSA) is 94.5 Å². The highest BCUT2D eigenvalue weighted by molar-refractivity contribution is 8.18. The van der Waals surface area contributed by atoms with Crippen molar-refractivity contribution in [3.05, 3.63) is 64.6 Å². The van der Waals surface area contributed by atoms with Gasteiger partial charge in [0.05, 0.1) is 30.4 Å². The zero-order valence-electron chi connectivity index (χ0n) is 17.9. The van der Waals surface area contributed by atoms with E-state index in [9.17, 15) is 14.4 Å². The molecular weight excluding hydrogens is 432 g/mol. The van der Waals surface area contributed by atoms with Gasteiger partial charge >= 0.3 is 11.9 Å². The maximum atomic E-state index is 12.8. The van der Waals surface area contributed by atoms with E-state index in [0.29, 0.717) is 33.6 Å². The maximum Gasteiger partial charge on any atom is 0.343 e. The van der Waals surface area contributed by atoms with Crippen LogP contribution in [0.3, 0.4) is 0 Å². The number of thioether (sulfide) groups is 1. The number of carbonyl (C=O) groups is 3. The second-order valence-electron chi connectivity index (χ2n) is 6.53. The molecule has 1 saturated heterocycles. The molecule has 2 aromatic rings. The van der Waals surface area contributed by atoms with Crippen LogP contribution in [0.1, 0.15) is 22.8 Å². The van der Waals surface area contributed by atoms with Crippen molar-refractivity contribution in [2.45, 2.75) is 6.92 Å². The molecule has 3 rings (SSSR count). The number of carbonyl (C=O) groups excluding carboxylic acids is 3. The fourth-order valence-electron chi connectivity index (χ4n) is 2.81. The number of methoxy groups -OCH3 is 2. The molecule has 1 aliphatic rings. The van der Waals surface area contributed by atoms with E-state index in [2.05, 4.69) is 9.73 Å². The molecule has 1 aliphatic heterocycles. The van der Waals surface area contributed by atoms with Crippen molar-refractivity contribution in [1.82, 2.24) is 4.90 Å². The Balaban J connectivity index is 1.79. The van der Waals surface area contributed by atoms with E-state index in [1.807, 2.05) is 6.92 Å². The van der Waals surface area contributed by atoms with Gasteiger partial charge < -0.3 is 14.2 Å². The molecule has 1 heterocycles.